The minimum absolute atomic E-state index is 0.0540. The number of hydrogen-bond donors (Lipinski definition) is 3. The van der Waals surface area contributed by atoms with Gasteiger partial charge in [0, 0.05) is 12.6 Å². The highest BCUT2D eigenvalue weighted by atomic mass is 32.2. The summed E-state index contributed by atoms with van der Waals surface area (Å²) in [4.78, 5) is 6.17. The smallest absolute Gasteiger partial charge is 0.257 e. The van der Waals surface area contributed by atoms with Gasteiger partial charge in [-0.05, 0) is 19.8 Å². The summed E-state index contributed by atoms with van der Waals surface area (Å²) in [6.45, 7) is 1.82. The van der Waals surface area contributed by atoms with Gasteiger partial charge in [-0.15, -0.1) is 0 Å². The zero-order valence-electron chi connectivity index (χ0n) is 8.47. The van der Waals surface area contributed by atoms with E-state index in [9.17, 15) is 8.42 Å². The van der Waals surface area contributed by atoms with Crippen LogP contribution in [0.1, 0.15) is 19.8 Å². The Labute approximate surface area is 88.8 Å². The summed E-state index contributed by atoms with van der Waals surface area (Å²) in [5.74, 6) is 0. The van der Waals surface area contributed by atoms with Gasteiger partial charge in [-0.3, -0.25) is 0 Å². The van der Waals surface area contributed by atoms with Crippen molar-refractivity contribution >= 4 is 10.0 Å². The number of hydrogen-bond acceptors (Lipinski definition) is 4. The van der Waals surface area contributed by atoms with Crippen molar-refractivity contribution in [1.29, 1.82) is 0 Å². The van der Waals surface area contributed by atoms with Crippen molar-refractivity contribution in [2.45, 2.75) is 30.8 Å². The number of aromatic nitrogens is 2. The Kier molecular flexibility index (Phi) is 4.25. The third-order valence-electron chi connectivity index (χ3n) is 1.91. The van der Waals surface area contributed by atoms with E-state index < -0.39 is 10.0 Å². The van der Waals surface area contributed by atoms with Crippen LogP contribution < -0.4 is 4.72 Å². The summed E-state index contributed by atoms with van der Waals surface area (Å²) in [6, 6.07) is -0.203. The molecule has 3 N–H and O–H groups in total. The lowest BCUT2D eigenvalue weighted by Crippen LogP contribution is -2.32. The number of nitrogens with one attached hydrogen (secondary N) is 2. The predicted molar refractivity (Wildman–Crippen MR) is 54.7 cm³/mol. The topological polar surface area (TPSA) is 95.1 Å². The molecule has 1 aromatic heterocycles. The average molecular weight is 233 g/mol. The van der Waals surface area contributed by atoms with Crippen LogP contribution in [0.4, 0.5) is 0 Å². The van der Waals surface area contributed by atoms with Crippen molar-refractivity contribution < 1.29 is 13.5 Å². The maximum atomic E-state index is 11.6. The average Bonchev–Trinajstić information content (AvgIpc) is 2.67. The molecule has 1 atom stereocenters. The van der Waals surface area contributed by atoms with Crippen LogP contribution in [0.25, 0.3) is 0 Å². The molecule has 0 saturated heterocycles. The molecule has 1 heterocycles. The van der Waals surface area contributed by atoms with Gasteiger partial charge in [0.2, 0.25) is 0 Å². The van der Waals surface area contributed by atoms with Crippen molar-refractivity contribution in [2.24, 2.45) is 0 Å². The van der Waals surface area contributed by atoms with Crippen LogP contribution in [-0.2, 0) is 10.0 Å². The highest BCUT2D eigenvalue weighted by Gasteiger charge is 2.17. The molecule has 0 bridgehead atoms. The van der Waals surface area contributed by atoms with Gasteiger partial charge in [0.25, 0.3) is 10.0 Å². The molecule has 15 heavy (non-hydrogen) atoms. The van der Waals surface area contributed by atoms with Crippen LogP contribution in [0.5, 0.6) is 0 Å². The fraction of sp³-hybridized carbons (Fsp3) is 0.625. The maximum absolute atomic E-state index is 11.6. The van der Waals surface area contributed by atoms with Gasteiger partial charge in [0.15, 0.2) is 5.03 Å². The lowest BCUT2D eigenvalue weighted by atomic mass is 10.2. The molecule has 86 valence electrons. The molecular formula is C8H15N3O3S. The summed E-state index contributed by atoms with van der Waals surface area (Å²) in [6.07, 6.45) is 3.74. The van der Waals surface area contributed by atoms with Crippen molar-refractivity contribution in [3.8, 4) is 0 Å². The van der Waals surface area contributed by atoms with E-state index in [0.29, 0.717) is 12.8 Å². The van der Waals surface area contributed by atoms with Crippen molar-refractivity contribution in [1.82, 2.24) is 14.7 Å². The Balaban J connectivity index is 2.57. The van der Waals surface area contributed by atoms with Crippen LogP contribution in [0.2, 0.25) is 0 Å². The number of nitrogens with zero attached hydrogens (tertiary/aromatic N) is 1. The SMILES string of the molecule is CC(CCCO)NS(=O)(=O)c1cnc[nH]1. The molecule has 0 aromatic carbocycles. The molecular weight excluding hydrogens is 218 g/mol. The Hall–Kier alpha value is -0.920. The predicted octanol–water partition coefficient (Wildman–Crippen LogP) is -0.151. The number of aliphatic hydroxyl groups is 1. The number of sulfonamides is 1. The molecule has 0 aliphatic heterocycles. The van der Waals surface area contributed by atoms with Gasteiger partial charge in [-0.25, -0.2) is 18.1 Å². The van der Waals surface area contributed by atoms with E-state index in [2.05, 4.69) is 14.7 Å². The summed E-state index contributed by atoms with van der Waals surface area (Å²) in [7, 11) is -3.50. The second kappa shape index (κ2) is 5.24. The van der Waals surface area contributed by atoms with Crippen LogP contribution in [0.15, 0.2) is 17.6 Å². The van der Waals surface area contributed by atoms with Crippen molar-refractivity contribution in [3.63, 3.8) is 0 Å². The Bertz CT molecular complexity index is 374. The second-order valence-electron chi connectivity index (χ2n) is 3.30. The van der Waals surface area contributed by atoms with E-state index in [1.54, 1.807) is 6.92 Å². The van der Waals surface area contributed by atoms with Crippen LogP contribution in [0, 0.1) is 0 Å². The fourth-order valence-electron chi connectivity index (χ4n) is 1.17. The van der Waals surface area contributed by atoms with Gasteiger partial charge in [-0.2, -0.15) is 0 Å². The third-order valence-corrected chi connectivity index (χ3v) is 3.43. The Morgan fingerprint density at radius 3 is 2.93 bits per heavy atom. The van der Waals surface area contributed by atoms with E-state index >= 15 is 0 Å². The zero-order chi connectivity index (χ0) is 11.3. The van der Waals surface area contributed by atoms with E-state index in [1.165, 1.54) is 12.5 Å². The zero-order valence-corrected chi connectivity index (χ0v) is 9.29. The summed E-state index contributed by atoms with van der Waals surface area (Å²) in [5, 5.41) is 8.66. The Morgan fingerprint density at radius 1 is 1.67 bits per heavy atom. The minimum atomic E-state index is -3.50. The van der Waals surface area contributed by atoms with Crippen LogP contribution >= 0.6 is 0 Å². The monoisotopic (exact) mass is 233 g/mol. The number of aliphatic hydroxyl groups excluding tert-OH is 1. The maximum Gasteiger partial charge on any atom is 0.257 e. The van der Waals surface area contributed by atoms with E-state index in [1.807, 2.05) is 0 Å². The lowest BCUT2D eigenvalue weighted by molar-refractivity contribution is 0.279. The standard InChI is InChI=1S/C8H15N3O3S/c1-7(3-2-4-12)11-15(13,14)8-5-9-6-10-8/h5-7,11-12H,2-4H2,1H3,(H,9,10). The van der Waals surface area contributed by atoms with Crippen molar-refractivity contribution in [2.75, 3.05) is 6.61 Å². The first-order valence-electron chi connectivity index (χ1n) is 4.68. The molecule has 0 fully saturated rings. The van der Waals surface area contributed by atoms with Gasteiger partial charge in [0.05, 0.1) is 12.5 Å². The van der Waals surface area contributed by atoms with Gasteiger partial charge in [-0.1, -0.05) is 0 Å². The first-order chi connectivity index (χ1) is 7.06. The number of rotatable bonds is 6. The van der Waals surface area contributed by atoms with Gasteiger partial charge in [0.1, 0.15) is 0 Å². The molecule has 6 nitrogen and oxygen atoms in total. The second-order valence-corrected chi connectivity index (χ2v) is 4.99. The third kappa shape index (κ3) is 3.61. The quantitative estimate of drug-likeness (QED) is 0.636. The Morgan fingerprint density at radius 2 is 2.40 bits per heavy atom. The largest absolute Gasteiger partial charge is 0.396 e. The number of aromatic amines is 1. The summed E-state index contributed by atoms with van der Waals surface area (Å²) >= 11 is 0. The summed E-state index contributed by atoms with van der Waals surface area (Å²) < 4.78 is 25.7. The summed E-state index contributed by atoms with van der Waals surface area (Å²) in [5.41, 5.74) is 0. The molecule has 1 rings (SSSR count). The minimum Gasteiger partial charge on any atom is -0.396 e. The van der Waals surface area contributed by atoms with Crippen molar-refractivity contribution in [3.05, 3.63) is 12.5 Å². The first kappa shape index (κ1) is 12.2. The first-order valence-corrected chi connectivity index (χ1v) is 6.16. The molecule has 1 aromatic rings. The van der Waals surface area contributed by atoms with E-state index in [-0.39, 0.29) is 17.7 Å². The van der Waals surface area contributed by atoms with E-state index in [0.717, 1.165) is 0 Å². The highest BCUT2D eigenvalue weighted by Crippen LogP contribution is 2.05. The molecule has 0 aliphatic carbocycles. The van der Waals surface area contributed by atoms with Gasteiger partial charge >= 0.3 is 0 Å². The van der Waals surface area contributed by atoms with E-state index in [4.69, 9.17) is 5.11 Å². The fourth-order valence-corrected chi connectivity index (χ4v) is 2.36. The molecule has 0 amide bonds. The van der Waals surface area contributed by atoms with Crippen LogP contribution in [-0.4, -0.2) is 36.1 Å². The van der Waals surface area contributed by atoms with Crippen LogP contribution in [0.3, 0.4) is 0 Å². The molecule has 1 unspecified atom stereocenters. The molecule has 0 saturated carbocycles. The number of imidazole rings is 1. The molecule has 0 spiro atoms. The lowest BCUT2D eigenvalue weighted by Gasteiger charge is -2.12. The van der Waals surface area contributed by atoms with Gasteiger partial charge < -0.3 is 10.1 Å². The normalized spacial score (nSPS) is 14.0. The highest BCUT2D eigenvalue weighted by molar-refractivity contribution is 7.89. The molecule has 0 aliphatic rings. The molecule has 7 heteroatoms. The number of H-pyrrole nitrogens is 1. The molecule has 0 radical (unpaired) electrons.